The molecule has 122 valence electrons. The van der Waals surface area contributed by atoms with Gasteiger partial charge in [0.25, 0.3) is 0 Å². The van der Waals surface area contributed by atoms with Gasteiger partial charge in [0.1, 0.15) is 0 Å². The second kappa shape index (κ2) is 8.14. The number of piperidine rings is 2. The van der Waals surface area contributed by atoms with Gasteiger partial charge in [-0.1, -0.05) is 13.3 Å². The molecule has 0 aliphatic carbocycles. The van der Waals surface area contributed by atoms with Crippen LogP contribution >= 0.6 is 0 Å². The van der Waals surface area contributed by atoms with E-state index in [0.717, 1.165) is 57.9 Å². The van der Waals surface area contributed by atoms with Gasteiger partial charge in [-0.15, -0.1) is 0 Å². The number of nitrogens with zero attached hydrogens (tertiary/aromatic N) is 1. The summed E-state index contributed by atoms with van der Waals surface area (Å²) in [7, 11) is 0. The lowest BCUT2D eigenvalue weighted by Gasteiger charge is -2.36. The molecule has 2 aliphatic heterocycles. The highest BCUT2D eigenvalue weighted by Crippen LogP contribution is 2.32. The van der Waals surface area contributed by atoms with Crippen molar-refractivity contribution in [1.82, 2.24) is 15.5 Å². The first-order chi connectivity index (χ1) is 10.2. The van der Waals surface area contributed by atoms with Crippen molar-refractivity contribution in [3.63, 3.8) is 0 Å². The van der Waals surface area contributed by atoms with Crippen LogP contribution in [0.5, 0.6) is 0 Å². The van der Waals surface area contributed by atoms with Crippen LogP contribution in [-0.4, -0.2) is 49.6 Å². The first kappa shape index (κ1) is 16.8. The van der Waals surface area contributed by atoms with Crippen LogP contribution in [0.25, 0.3) is 0 Å². The molecule has 0 saturated carbocycles. The highest BCUT2D eigenvalue weighted by molar-refractivity contribution is 5.82. The number of carbonyl (C=O) groups excluding carboxylic acids is 1. The van der Waals surface area contributed by atoms with E-state index in [1.165, 1.54) is 25.8 Å². The summed E-state index contributed by atoms with van der Waals surface area (Å²) in [5, 5.41) is 6.56. The van der Waals surface area contributed by atoms with Crippen molar-refractivity contribution < 1.29 is 4.79 Å². The number of amides is 1. The van der Waals surface area contributed by atoms with Crippen molar-refractivity contribution in [3.8, 4) is 0 Å². The van der Waals surface area contributed by atoms with Crippen LogP contribution in [0, 0.1) is 5.41 Å². The third-order valence-corrected chi connectivity index (χ3v) is 5.57. The van der Waals surface area contributed by atoms with Gasteiger partial charge in [-0.3, -0.25) is 4.79 Å². The molecule has 0 bridgehead atoms. The summed E-state index contributed by atoms with van der Waals surface area (Å²) < 4.78 is 0. The fourth-order valence-corrected chi connectivity index (χ4v) is 3.81. The van der Waals surface area contributed by atoms with Crippen molar-refractivity contribution in [2.24, 2.45) is 5.41 Å². The van der Waals surface area contributed by atoms with Gasteiger partial charge < -0.3 is 15.5 Å². The molecule has 0 aromatic rings. The molecular formula is C17H33N3O. The number of likely N-dealkylation sites (tertiary alicyclic amines) is 1. The predicted octanol–water partition coefficient (Wildman–Crippen LogP) is 2.15. The Bertz CT molecular complexity index is 326. The van der Waals surface area contributed by atoms with E-state index >= 15 is 0 Å². The zero-order chi connectivity index (χ0) is 15.1. The van der Waals surface area contributed by atoms with E-state index in [1.807, 2.05) is 0 Å². The molecule has 0 aromatic heterocycles. The van der Waals surface area contributed by atoms with Gasteiger partial charge in [0.15, 0.2) is 0 Å². The third kappa shape index (κ3) is 4.43. The van der Waals surface area contributed by atoms with Crippen molar-refractivity contribution >= 4 is 5.91 Å². The Kier molecular flexibility index (Phi) is 6.49. The maximum absolute atomic E-state index is 12.5. The normalized spacial score (nSPS) is 26.5. The van der Waals surface area contributed by atoms with E-state index in [9.17, 15) is 4.79 Å². The summed E-state index contributed by atoms with van der Waals surface area (Å²) in [6.45, 7) is 9.64. The molecule has 0 aromatic carbocycles. The zero-order valence-electron chi connectivity index (χ0n) is 13.9. The minimum atomic E-state index is -0.107. The third-order valence-electron chi connectivity index (χ3n) is 5.57. The average molecular weight is 295 g/mol. The lowest BCUT2D eigenvalue weighted by atomic mass is 9.76. The van der Waals surface area contributed by atoms with E-state index in [2.05, 4.69) is 29.4 Å². The number of rotatable bonds is 6. The molecule has 2 N–H and O–H groups in total. The van der Waals surface area contributed by atoms with E-state index in [0.29, 0.717) is 0 Å². The van der Waals surface area contributed by atoms with E-state index in [4.69, 9.17) is 0 Å². The van der Waals surface area contributed by atoms with Gasteiger partial charge in [0.05, 0.1) is 5.41 Å². The Morgan fingerprint density at radius 2 is 2.10 bits per heavy atom. The van der Waals surface area contributed by atoms with Crippen LogP contribution in [0.3, 0.4) is 0 Å². The molecule has 0 spiro atoms. The molecule has 4 heteroatoms. The molecule has 0 radical (unpaired) electrons. The van der Waals surface area contributed by atoms with Crippen LogP contribution < -0.4 is 10.6 Å². The van der Waals surface area contributed by atoms with Gasteiger partial charge in [-0.2, -0.15) is 0 Å². The second-order valence-electron chi connectivity index (χ2n) is 6.87. The first-order valence-electron chi connectivity index (χ1n) is 8.91. The average Bonchev–Trinajstić information content (AvgIpc) is 2.53. The quantitative estimate of drug-likeness (QED) is 0.738. The van der Waals surface area contributed by atoms with Crippen LogP contribution in [0.15, 0.2) is 0 Å². The van der Waals surface area contributed by atoms with Crippen LogP contribution in [0.4, 0.5) is 0 Å². The molecule has 2 heterocycles. The predicted molar refractivity (Wildman–Crippen MR) is 87.3 cm³/mol. The summed E-state index contributed by atoms with van der Waals surface area (Å²) in [5.41, 5.74) is -0.107. The van der Waals surface area contributed by atoms with Crippen molar-refractivity contribution in [1.29, 1.82) is 0 Å². The molecule has 2 fully saturated rings. The van der Waals surface area contributed by atoms with Gasteiger partial charge in [0, 0.05) is 19.1 Å². The van der Waals surface area contributed by atoms with Gasteiger partial charge in [0.2, 0.25) is 5.91 Å². The molecule has 2 rings (SSSR count). The maximum Gasteiger partial charge on any atom is 0.226 e. The van der Waals surface area contributed by atoms with Crippen molar-refractivity contribution in [3.05, 3.63) is 0 Å². The molecule has 4 nitrogen and oxygen atoms in total. The fourth-order valence-electron chi connectivity index (χ4n) is 3.81. The Labute approximate surface area is 130 Å². The minimum Gasteiger partial charge on any atom is -0.356 e. The SMILES string of the molecule is CCC1(C(=O)NCCCN2CCCCC2C)CCNCC1. The highest BCUT2D eigenvalue weighted by atomic mass is 16.2. The lowest BCUT2D eigenvalue weighted by molar-refractivity contribution is -0.132. The smallest absolute Gasteiger partial charge is 0.226 e. The Morgan fingerprint density at radius 1 is 1.33 bits per heavy atom. The monoisotopic (exact) mass is 295 g/mol. The summed E-state index contributed by atoms with van der Waals surface area (Å²) >= 11 is 0. The molecule has 1 atom stereocenters. The zero-order valence-corrected chi connectivity index (χ0v) is 13.9. The van der Waals surface area contributed by atoms with Gasteiger partial charge in [-0.05, 0) is 65.1 Å². The molecule has 2 aliphatic rings. The molecule has 2 saturated heterocycles. The minimum absolute atomic E-state index is 0.107. The summed E-state index contributed by atoms with van der Waals surface area (Å²) in [4.78, 5) is 15.1. The molecule has 21 heavy (non-hydrogen) atoms. The Balaban J connectivity index is 1.68. The maximum atomic E-state index is 12.5. The van der Waals surface area contributed by atoms with Crippen LogP contribution in [0.2, 0.25) is 0 Å². The van der Waals surface area contributed by atoms with E-state index in [1.54, 1.807) is 0 Å². The van der Waals surface area contributed by atoms with Gasteiger partial charge >= 0.3 is 0 Å². The fraction of sp³-hybridized carbons (Fsp3) is 0.941. The number of nitrogens with one attached hydrogen (secondary N) is 2. The summed E-state index contributed by atoms with van der Waals surface area (Å²) in [6.07, 6.45) is 8.05. The van der Waals surface area contributed by atoms with Crippen molar-refractivity contribution in [2.45, 2.75) is 64.8 Å². The number of hydrogen-bond acceptors (Lipinski definition) is 3. The molecular weight excluding hydrogens is 262 g/mol. The van der Waals surface area contributed by atoms with Crippen LogP contribution in [0.1, 0.15) is 58.8 Å². The first-order valence-corrected chi connectivity index (χ1v) is 8.91. The standard InChI is InChI=1S/C17H33N3O/c1-3-17(8-11-18-12-9-17)16(21)19-10-6-14-20-13-5-4-7-15(20)2/h15,18H,3-14H2,1-2H3,(H,19,21). The van der Waals surface area contributed by atoms with E-state index in [-0.39, 0.29) is 11.3 Å². The highest BCUT2D eigenvalue weighted by Gasteiger charge is 2.37. The second-order valence-corrected chi connectivity index (χ2v) is 6.87. The van der Waals surface area contributed by atoms with Crippen molar-refractivity contribution in [2.75, 3.05) is 32.7 Å². The summed E-state index contributed by atoms with van der Waals surface area (Å²) in [5.74, 6) is 0.290. The topological polar surface area (TPSA) is 44.4 Å². The summed E-state index contributed by atoms with van der Waals surface area (Å²) in [6, 6.07) is 0.723. The Morgan fingerprint density at radius 3 is 2.76 bits per heavy atom. The molecule has 1 amide bonds. The van der Waals surface area contributed by atoms with Crippen LogP contribution in [-0.2, 0) is 4.79 Å². The lowest BCUT2D eigenvalue weighted by Crippen LogP contribution is -2.48. The molecule has 1 unspecified atom stereocenters. The van der Waals surface area contributed by atoms with E-state index < -0.39 is 0 Å². The number of hydrogen-bond donors (Lipinski definition) is 2. The Hall–Kier alpha value is -0.610. The van der Waals surface area contributed by atoms with Gasteiger partial charge in [-0.25, -0.2) is 0 Å². The number of carbonyl (C=O) groups is 1. The largest absolute Gasteiger partial charge is 0.356 e.